The van der Waals surface area contributed by atoms with Crippen LogP contribution >= 0.6 is 0 Å². The summed E-state index contributed by atoms with van der Waals surface area (Å²) in [5.74, 6) is 0. The van der Waals surface area contributed by atoms with E-state index in [1.807, 2.05) is 6.08 Å². The minimum Gasteiger partial charge on any atom is -0.381 e. The molecule has 2 rings (SSSR count). The lowest BCUT2D eigenvalue weighted by Gasteiger charge is -2.03. The third-order valence-electron chi connectivity index (χ3n) is 2.74. The van der Waals surface area contributed by atoms with Gasteiger partial charge in [-0.25, -0.2) is 0 Å². The molecule has 1 unspecified atom stereocenters. The maximum atomic E-state index is 5.54. The molecule has 0 amide bonds. The Labute approximate surface area is 96.9 Å². The van der Waals surface area contributed by atoms with Gasteiger partial charge < -0.3 is 9.47 Å². The van der Waals surface area contributed by atoms with Crippen molar-refractivity contribution in [2.45, 2.75) is 18.9 Å². The maximum Gasteiger partial charge on any atom is 0.0831 e. The van der Waals surface area contributed by atoms with Gasteiger partial charge in [-0.2, -0.15) is 0 Å². The zero-order valence-corrected chi connectivity index (χ0v) is 9.52. The average molecular weight is 218 g/mol. The molecule has 1 aromatic rings. The van der Waals surface area contributed by atoms with Crippen molar-refractivity contribution >= 4 is 6.08 Å². The average Bonchev–Trinajstić information content (AvgIpc) is 3.13. The topological polar surface area (TPSA) is 21.8 Å². The second-order valence-corrected chi connectivity index (χ2v) is 4.05. The van der Waals surface area contributed by atoms with Crippen LogP contribution in [0.4, 0.5) is 0 Å². The number of epoxide rings is 1. The largest absolute Gasteiger partial charge is 0.381 e. The van der Waals surface area contributed by atoms with E-state index in [1.165, 1.54) is 5.56 Å². The number of hydrogen-bond acceptors (Lipinski definition) is 2. The molecule has 1 aliphatic heterocycles. The van der Waals surface area contributed by atoms with Crippen LogP contribution in [0.5, 0.6) is 0 Å². The summed E-state index contributed by atoms with van der Waals surface area (Å²) in [6.45, 7) is 6.26. The molecule has 0 bridgehead atoms. The van der Waals surface area contributed by atoms with Gasteiger partial charge in [-0.1, -0.05) is 36.9 Å². The van der Waals surface area contributed by atoms with E-state index in [2.05, 4.69) is 30.8 Å². The first kappa shape index (κ1) is 11.4. The molecule has 2 heteroatoms. The molecule has 0 aliphatic carbocycles. The molecular weight excluding hydrogens is 200 g/mol. The quantitative estimate of drug-likeness (QED) is 0.518. The van der Waals surface area contributed by atoms with Gasteiger partial charge in [-0.05, 0) is 24.0 Å². The first-order valence-electron chi connectivity index (χ1n) is 5.79. The second kappa shape index (κ2) is 5.83. The van der Waals surface area contributed by atoms with Gasteiger partial charge in [0.15, 0.2) is 0 Å². The first-order valence-corrected chi connectivity index (χ1v) is 5.79. The van der Waals surface area contributed by atoms with Gasteiger partial charge in [0.25, 0.3) is 0 Å². The van der Waals surface area contributed by atoms with E-state index in [9.17, 15) is 0 Å². The van der Waals surface area contributed by atoms with Gasteiger partial charge in [-0.15, -0.1) is 0 Å². The molecular formula is C14H18O2. The Balaban J connectivity index is 1.61. The Morgan fingerprint density at radius 2 is 2.06 bits per heavy atom. The van der Waals surface area contributed by atoms with Crippen LogP contribution in [0, 0.1) is 0 Å². The summed E-state index contributed by atoms with van der Waals surface area (Å²) < 4.78 is 10.7. The van der Waals surface area contributed by atoms with Crippen LogP contribution in [-0.2, 0) is 15.9 Å². The lowest BCUT2D eigenvalue weighted by molar-refractivity contribution is 0.128. The Morgan fingerprint density at radius 3 is 2.69 bits per heavy atom. The zero-order chi connectivity index (χ0) is 11.2. The number of hydrogen-bond donors (Lipinski definition) is 0. The van der Waals surface area contributed by atoms with Gasteiger partial charge in [0.2, 0.25) is 0 Å². The summed E-state index contributed by atoms with van der Waals surface area (Å²) in [5, 5.41) is 0. The fourth-order valence-electron chi connectivity index (χ4n) is 1.56. The van der Waals surface area contributed by atoms with Crippen LogP contribution < -0.4 is 0 Å². The van der Waals surface area contributed by atoms with Gasteiger partial charge in [0, 0.05) is 6.61 Å². The fourth-order valence-corrected chi connectivity index (χ4v) is 1.56. The van der Waals surface area contributed by atoms with Gasteiger partial charge >= 0.3 is 0 Å². The summed E-state index contributed by atoms with van der Waals surface area (Å²) in [5.41, 5.74) is 2.48. The Hall–Kier alpha value is -1.12. The van der Waals surface area contributed by atoms with E-state index in [-0.39, 0.29) is 0 Å². The predicted octanol–water partition coefficient (Wildman–Crippen LogP) is 2.68. The van der Waals surface area contributed by atoms with E-state index in [0.717, 1.165) is 38.2 Å². The van der Waals surface area contributed by atoms with Crippen molar-refractivity contribution in [1.29, 1.82) is 0 Å². The monoisotopic (exact) mass is 218 g/mol. The minimum absolute atomic E-state index is 0.479. The van der Waals surface area contributed by atoms with E-state index in [1.54, 1.807) is 0 Å². The molecule has 1 heterocycles. The van der Waals surface area contributed by atoms with Crippen molar-refractivity contribution in [3.8, 4) is 0 Å². The van der Waals surface area contributed by atoms with Crippen LogP contribution in [-0.4, -0.2) is 25.9 Å². The molecule has 1 atom stereocenters. The molecule has 0 radical (unpaired) electrons. The molecule has 86 valence electrons. The Morgan fingerprint density at radius 1 is 1.31 bits per heavy atom. The van der Waals surface area contributed by atoms with Crippen molar-refractivity contribution in [2.24, 2.45) is 0 Å². The van der Waals surface area contributed by atoms with Gasteiger partial charge in [0.05, 0.1) is 19.3 Å². The molecule has 2 nitrogen and oxygen atoms in total. The van der Waals surface area contributed by atoms with E-state index in [4.69, 9.17) is 9.47 Å². The second-order valence-electron chi connectivity index (χ2n) is 4.05. The maximum absolute atomic E-state index is 5.54. The van der Waals surface area contributed by atoms with E-state index < -0.39 is 0 Å². The van der Waals surface area contributed by atoms with Gasteiger partial charge in [-0.3, -0.25) is 0 Å². The third-order valence-corrected chi connectivity index (χ3v) is 2.74. The van der Waals surface area contributed by atoms with E-state index in [0.29, 0.717) is 6.10 Å². The van der Waals surface area contributed by atoms with Crippen LogP contribution in [0.3, 0.4) is 0 Å². The fraction of sp³-hybridized carbons (Fsp3) is 0.429. The molecule has 1 saturated heterocycles. The van der Waals surface area contributed by atoms with Crippen molar-refractivity contribution < 1.29 is 9.47 Å². The van der Waals surface area contributed by atoms with Crippen molar-refractivity contribution in [2.75, 3.05) is 19.8 Å². The smallest absolute Gasteiger partial charge is 0.0831 e. The summed E-state index contributed by atoms with van der Waals surface area (Å²) in [6.07, 6.45) is 4.35. The molecule has 1 aromatic carbocycles. The first-order chi connectivity index (χ1) is 7.88. The van der Waals surface area contributed by atoms with Crippen LogP contribution in [0.25, 0.3) is 6.08 Å². The number of benzene rings is 1. The lowest BCUT2D eigenvalue weighted by Crippen LogP contribution is -2.02. The molecule has 16 heavy (non-hydrogen) atoms. The van der Waals surface area contributed by atoms with Crippen molar-refractivity contribution in [3.63, 3.8) is 0 Å². The summed E-state index contributed by atoms with van der Waals surface area (Å²) in [7, 11) is 0. The summed E-state index contributed by atoms with van der Waals surface area (Å²) in [4.78, 5) is 0. The number of rotatable bonds is 7. The summed E-state index contributed by atoms with van der Waals surface area (Å²) >= 11 is 0. The zero-order valence-electron chi connectivity index (χ0n) is 9.52. The summed E-state index contributed by atoms with van der Waals surface area (Å²) in [6, 6.07) is 8.43. The van der Waals surface area contributed by atoms with Gasteiger partial charge in [0.1, 0.15) is 0 Å². The van der Waals surface area contributed by atoms with Crippen LogP contribution in [0.1, 0.15) is 17.5 Å². The third kappa shape index (κ3) is 3.80. The molecule has 1 fully saturated rings. The predicted molar refractivity (Wildman–Crippen MR) is 65.4 cm³/mol. The number of ether oxygens (including phenoxy) is 2. The van der Waals surface area contributed by atoms with Crippen molar-refractivity contribution in [1.82, 2.24) is 0 Å². The molecule has 0 aromatic heterocycles. The molecule has 0 N–H and O–H groups in total. The highest BCUT2D eigenvalue weighted by molar-refractivity contribution is 5.47. The molecule has 0 spiro atoms. The lowest BCUT2D eigenvalue weighted by atomic mass is 10.1. The standard InChI is InChI=1S/C14H18O2/c1-2-12-3-5-13(6-4-12)7-9-15-10-8-14-11-16-14/h2-6,14H,1,7-11H2. The van der Waals surface area contributed by atoms with E-state index >= 15 is 0 Å². The Kier molecular flexibility index (Phi) is 4.14. The minimum atomic E-state index is 0.479. The van der Waals surface area contributed by atoms with Crippen LogP contribution in [0.15, 0.2) is 30.8 Å². The highest BCUT2D eigenvalue weighted by Gasteiger charge is 2.21. The molecule has 1 aliphatic rings. The van der Waals surface area contributed by atoms with Crippen molar-refractivity contribution in [3.05, 3.63) is 42.0 Å². The highest BCUT2D eigenvalue weighted by Crippen LogP contribution is 2.13. The molecule has 0 saturated carbocycles. The highest BCUT2D eigenvalue weighted by atomic mass is 16.6. The van der Waals surface area contributed by atoms with Crippen LogP contribution in [0.2, 0.25) is 0 Å². The Bertz CT molecular complexity index is 325. The normalized spacial score (nSPS) is 18.4. The SMILES string of the molecule is C=Cc1ccc(CCOCCC2CO2)cc1.